The third kappa shape index (κ3) is 2.29. The van der Waals surface area contributed by atoms with Gasteiger partial charge in [0, 0.05) is 13.0 Å². The molecule has 0 spiro atoms. The molecule has 2 rings (SSSR count). The van der Waals surface area contributed by atoms with Crippen molar-refractivity contribution in [2.24, 2.45) is 17.8 Å². The van der Waals surface area contributed by atoms with Crippen LogP contribution < -0.4 is 0 Å². The summed E-state index contributed by atoms with van der Waals surface area (Å²) in [5.74, 6) is 3.25. The van der Waals surface area contributed by atoms with Crippen LogP contribution in [0.2, 0.25) is 0 Å². The van der Waals surface area contributed by atoms with Crippen LogP contribution in [-0.2, 0) is 9.59 Å². The van der Waals surface area contributed by atoms with Gasteiger partial charge in [-0.15, -0.1) is 12.3 Å². The highest BCUT2D eigenvalue weighted by Crippen LogP contribution is 2.44. The molecule has 3 heteroatoms. The summed E-state index contributed by atoms with van der Waals surface area (Å²) in [5.41, 5.74) is 0. The van der Waals surface area contributed by atoms with Crippen molar-refractivity contribution in [1.29, 1.82) is 0 Å². The van der Waals surface area contributed by atoms with Crippen LogP contribution in [0.1, 0.15) is 45.4 Å². The largest absolute Gasteiger partial charge is 0.282 e. The lowest BCUT2D eigenvalue weighted by atomic mass is 10.00. The molecular weight excluding hydrogens is 226 g/mol. The Morgan fingerprint density at radius 2 is 1.83 bits per heavy atom. The molecule has 1 aliphatic carbocycles. The van der Waals surface area contributed by atoms with Gasteiger partial charge in [-0.1, -0.05) is 13.3 Å². The molecule has 2 unspecified atom stereocenters. The quantitative estimate of drug-likeness (QED) is 0.424. The summed E-state index contributed by atoms with van der Waals surface area (Å²) >= 11 is 0. The lowest BCUT2D eigenvalue weighted by Crippen LogP contribution is -2.33. The first kappa shape index (κ1) is 13.1. The number of terminal acetylenes is 1. The summed E-state index contributed by atoms with van der Waals surface area (Å²) in [6, 6.07) is 0. The van der Waals surface area contributed by atoms with Crippen molar-refractivity contribution in [2.75, 3.05) is 6.54 Å². The van der Waals surface area contributed by atoms with Gasteiger partial charge in [0.05, 0.1) is 11.8 Å². The highest BCUT2D eigenvalue weighted by Gasteiger charge is 2.51. The molecular formula is C15H21NO2. The molecule has 3 nitrogen and oxygen atoms in total. The fourth-order valence-electron chi connectivity index (χ4n) is 3.25. The minimum atomic E-state index is -0.0184. The topological polar surface area (TPSA) is 37.4 Å². The molecule has 1 heterocycles. The third-order valence-electron chi connectivity index (χ3n) is 4.36. The van der Waals surface area contributed by atoms with E-state index in [1.165, 1.54) is 4.90 Å². The predicted molar refractivity (Wildman–Crippen MR) is 69.4 cm³/mol. The first-order valence-corrected chi connectivity index (χ1v) is 6.97. The van der Waals surface area contributed by atoms with Gasteiger partial charge in [0.25, 0.3) is 0 Å². The summed E-state index contributed by atoms with van der Waals surface area (Å²) in [6.45, 7) is 2.70. The van der Waals surface area contributed by atoms with Crippen molar-refractivity contribution >= 4 is 11.8 Å². The standard InChI is InChI=1S/C15H21NO2/c1-3-5-6-7-8-16-14(17)12-9-11(4-2)10-13(12)15(16)18/h1,11-13H,4-10H2,2H3. The van der Waals surface area contributed by atoms with Gasteiger partial charge in [-0.2, -0.15) is 0 Å². The summed E-state index contributed by atoms with van der Waals surface area (Å²) in [7, 11) is 0. The van der Waals surface area contributed by atoms with Gasteiger partial charge in [-0.3, -0.25) is 14.5 Å². The second-order valence-corrected chi connectivity index (χ2v) is 5.45. The van der Waals surface area contributed by atoms with Gasteiger partial charge in [0.2, 0.25) is 11.8 Å². The number of nitrogens with zero attached hydrogens (tertiary/aromatic N) is 1. The fraction of sp³-hybridized carbons (Fsp3) is 0.733. The number of hydrogen-bond acceptors (Lipinski definition) is 2. The zero-order valence-corrected chi connectivity index (χ0v) is 11.0. The molecule has 1 aliphatic heterocycles. The summed E-state index contributed by atoms with van der Waals surface area (Å²) in [5, 5.41) is 0. The number of carbonyl (C=O) groups is 2. The van der Waals surface area contributed by atoms with E-state index in [1.54, 1.807) is 0 Å². The van der Waals surface area contributed by atoms with E-state index in [0.717, 1.165) is 38.5 Å². The van der Waals surface area contributed by atoms with E-state index in [2.05, 4.69) is 12.8 Å². The molecule has 2 atom stereocenters. The van der Waals surface area contributed by atoms with Crippen LogP contribution in [0.4, 0.5) is 0 Å². The second kappa shape index (κ2) is 5.56. The highest BCUT2D eigenvalue weighted by molar-refractivity contribution is 6.05. The summed E-state index contributed by atoms with van der Waals surface area (Å²) < 4.78 is 0. The first-order valence-electron chi connectivity index (χ1n) is 6.97. The number of imide groups is 1. The molecule has 0 aromatic heterocycles. The maximum absolute atomic E-state index is 12.2. The van der Waals surface area contributed by atoms with Gasteiger partial charge in [-0.05, 0) is 31.6 Å². The molecule has 2 aliphatic rings. The number of fused-ring (bicyclic) bond motifs is 1. The van der Waals surface area contributed by atoms with Crippen molar-refractivity contribution in [1.82, 2.24) is 4.90 Å². The number of rotatable bonds is 5. The number of hydrogen-bond donors (Lipinski definition) is 0. The highest BCUT2D eigenvalue weighted by atomic mass is 16.2. The number of likely N-dealkylation sites (tertiary alicyclic amines) is 1. The maximum Gasteiger partial charge on any atom is 0.233 e. The Hall–Kier alpha value is -1.30. The second-order valence-electron chi connectivity index (χ2n) is 5.45. The van der Waals surface area contributed by atoms with E-state index in [-0.39, 0.29) is 23.7 Å². The zero-order chi connectivity index (χ0) is 13.1. The van der Waals surface area contributed by atoms with Crippen LogP contribution in [0.3, 0.4) is 0 Å². The lowest BCUT2D eigenvalue weighted by molar-refractivity contribution is -0.140. The van der Waals surface area contributed by atoms with Gasteiger partial charge in [0.15, 0.2) is 0 Å². The maximum atomic E-state index is 12.2. The Morgan fingerprint density at radius 1 is 1.22 bits per heavy atom. The van der Waals surface area contributed by atoms with Crippen molar-refractivity contribution in [2.45, 2.75) is 45.4 Å². The van der Waals surface area contributed by atoms with Gasteiger partial charge < -0.3 is 0 Å². The molecule has 0 aromatic rings. The fourth-order valence-corrected chi connectivity index (χ4v) is 3.25. The van der Waals surface area contributed by atoms with Gasteiger partial charge >= 0.3 is 0 Å². The van der Waals surface area contributed by atoms with E-state index in [1.807, 2.05) is 0 Å². The van der Waals surface area contributed by atoms with Gasteiger partial charge in [-0.25, -0.2) is 0 Å². The molecule has 0 aromatic carbocycles. The van der Waals surface area contributed by atoms with E-state index in [9.17, 15) is 9.59 Å². The van der Waals surface area contributed by atoms with Crippen LogP contribution in [0, 0.1) is 30.1 Å². The van der Waals surface area contributed by atoms with Crippen molar-refractivity contribution in [3.63, 3.8) is 0 Å². The minimum absolute atomic E-state index is 0.0184. The number of unbranched alkanes of at least 4 members (excludes halogenated alkanes) is 2. The molecule has 1 saturated heterocycles. The average molecular weight is 247 g/mol. The summed E-state index contributed by atoms with van der Waals surface area (Å²) in [6.07, 6.45) is 10.5. The number of carbonyl (C=O) groups excluding carboxylic acids is 2. The predicted octanol–water partition coefficient (Wildman–Crippen LogP) is 2.21. The van der Waals surface area contributed by atoms with E-state index in [0.29, 0.717) is 12.5 Å². The van der Waals surface area contributed by atoms with E-state index >= 15 is 0 Å². The van der Waals surface area contributed by atoms with Crippen LogP contribution in [0.25, 0.3) is 0 Å². The Morgan fingerprint density at radius 3 is 2.33 bits per heavy atom. The molecule has 18 heavy (non-hydrogen) atoms. The van der Waals surface area contributed by atoms with E-state index < -0.39 is 0 Å². The summed E-state index contributed by atoms with van der Waals surface area (Å²) in [4.78, 5) is 25.9. The smallest absolute Gasteiger partial charge is 0.233 e. The van der Waals surface area contributed by atoms with Crippen LogP contribution in [-0.4, -0.2) is 23.3 Å². The van der Waals surface area contributed by atoms with Crippen molar-refractivity contribution in [3.8, 4) is 12.3 Å². The SMILES string of the molecule is C#CCCCCN1C(=O)C2CC(CC)CC2C1=O. The Bertz CT molecular complexity index is 358. The molecule has 2 fully saturated rings. The molecule has 98 valence electrons. The molecule has 0 bridgehead atoms. The number of amides is 2. The van der Waals surface area contributed by atoms with Crippen LogP contribution in [0.5, 0.6) is 0 Å². The van der Waals surface area contributed by atoms with Crippen LogP contribution in [0.15, 0.2) is 0 Å². The Kier molecular flexibility index (Phi) is 4.06. The van der Waals surface area contributed by atoms with E-state index in [4.69, 9.17) is 6.42 Å². The lowest BCUT2D eigenvalue weighted by Gasteiger charge is -2.17. The normalized spacial score (nSPS) is 30.7. The van der Waals surface area contributed by atoms with Crippen molar-refractivity contribution < 1.29 is 9.59 Å². The minimum Gasteiger partial charge on any atom is -0.282 e. The van der Waals surface area contributed by atoms with Crippen molar-refractivity contribution in [3.05, 3.63) is 0 Å². The zero-order valence-electron chi connectivity index (χ0n) is 11.0. The Labute approximate surface area is 109 Å². The molecule has 0 radical (unpaired) electrons. The monoisotopic (exact) mass is 247 g/mol. The third-order valence-corrected chi connectivity index (χ3v) is 4.36. The molecule has 1 saturated carbocycles. The van der Waals surface area contributed by atoms with Crippen LogP contribution >= 0.6 is 0 Å². The van der Waals surface area contributed by atoms with Gasteiger partial charge in [0.1, 0.15) is 0 Å². The molecule has 2 amide bonds. The Balaban J connectivity index is 1.91. The molecule has 0 N–H and O–H groups in total. The first-order chi connectivity index (χ1) is 8.69. The average Bonchev–Trinajstić information content (AvgIpc) is 2.89.